The van der Waals surface area contributed by atoms with Gasteiger partial charge < -0.3 is 19.7 Å². The fourth-order valence-corrected chi connectivity index (χ4v) is 1.77. The Balaban J connectivity index is 2.59. The van der Waals surface area contributed by atoms with Crippen LogP contribution in [0.2, 0.25) is 0 Å². The first-order valence-electron chi connectivity index (χ1n) is 6.15. The van der Waals surface area contributed by atoms with Gasteiger partial charge in [0.25, 0.3) is 5.91 Å². The maximum Gasteiger partial charge on any atom is 0.306 e. The van der Waals surface area contributed by atoms with E-state index in [0.717, 1.165) is 0 Å². The number of carbonyl (C=O) groups is 2. The summed E-state index contributed by atoms with van der Waals surface area (Å²) in [5.41, 5.74) is 0.556. The lowest BCUT2D eigenvalue weighted by Gasteiger charge is -2.16. The van der Waals surface area contributed by atoms with Crippen molar-refractivity contribution in [1.82, 2.24) is 9.88 Å². The van der Waals surface area contributed by atoms with Gasteiger partial charge in [0.1, 0.15) is 5.69 Å². The molecule has 0 aliphatic carbocycles. The molecule has 1 atom stereocenters. The van der Waals surface area contributed by atoms with E-state index in [-0.39, 0.29) is 24.9 Å². The second-order valence-electron chi connectivity index (χ2n) is 4.56. The van der Waals surface area contributed by atoms with Crippen molar-refractivity contribution in [2.24, 2.45) is 0 Å². The van der Waals surface area contributed by atoms with Gasteiger partial charge in [0.05, 0.1) is 12.5 Å². The molecular formula is C13H20N2O4. The van der Waals surface area contributed by atoms with E-state index in [9.17, 15) is 9.59 Å². The molecule has 0 fully saturated rings. The third-order valence-electron chi connectivity index (χ3n) is 2.79. The highest BCUT2D eigenvalue weighted by molar-refractivity contribution is 5.92. The minimum Gasteiger partial charge on any atom is -0.481 e. The van der Waals surface area contributed by atoms with Crippen molar-refractivity contribution in [3.63, 3.8) is 0 Å². The van der Waals surface area contributed by atoms with E-state index in [1.807, 2.05) is 24.6 Å². The van der Waals surface area contributed by atoms with E-state index in [1.165, 1.54) is 7.11 Å². The summed E-state index contributed by atoms with van der Waals surface area (Å²) in [4.78, 5) is 22.6. The molecule has 0 spiro atoms. The van der Waals surface area contributed by atoms with Gasteiger partial charge in [0.15, 0.2) is 0 Å². The van der Waals surface area contributed by atoms with Gasteiger partial charge in [-0.3, -0.25) is 9.59 Å². The molecule has 6 heteroatoms. The summed E-state index contributed by atoms with van der Waals surface area (Å²) < 4.78 is 6.86. The first-order valence-corrected chi connectivity index (χ1v) is 6.15. The van der Waals surface area contributed by atoms with E-state index < -0.39 is 12.1 Å². The smallest absolute Gasteiger partial charge is 0.306 e. The number of carbonyl (C=O) groups excluding carboxylic acids is 1. The van der Waals surface area contributed by atoms with E-state index in [4.69, 9.17) is 9.84 Å². The van der Waals surface area contributed by atoms with Gasteiger partial charge in [0, 0.05) is 25.9 Å². The quantitative estimate of drug-likeness (QED) is 0.780. The molecule has 19 heavy (non-hydrogen) atoms. The topological polar surface area (TPSA) is 80.6 Å². The zero-order valence-electron chi connectivity index (χ0n) is 11.4. The molecule has 1 aromatic rings. The Kier molecular flexibility index (Phi) is 5.57. The van der Waals surface area contributed by atoms with E-state index in [0.29, 0.717) is 5.69 Å². The fourth-order valence-electron chi connectivity index (χ4n) is 1.77. The van der Waals surface area contributed by atoms with Crippen LogP contribution in [0.5, 0.6) is 0 Å². The lowest BCUT2D eigenvalue weighted by Crippen LogP contribution is -2.35. The molecule has 0 aliphatic heterocycles. The predicted molar refractivity (Wildman–Crippen MR) is 70.2 cm³/mol. The van der Waals surface area contributed by atoms with Gasteiger partial charge in [-0.15, -0.1) is 0 Å². The molecule has 6 nitrogen and oxygen atoms in total. The highest BCUT2D eigenvalue weighted by Crippen LogP contribution is 2.10. The number of methoxy groups -OCH3 is 1. The first kappa shape index (κ1) is 15.2. The van der Waals surface area contributed by atoms with Crippen LogP contribution in [-0.4, -0.2) is 41.3 Å². The molecule has 0 saturated carbocycles. The van der Waals surface area contributed by atoms with Crippen LogP contribution in [0.25, 0.3) is 0 Å². The van der Waals surface area contributed by atoms with Crippen LogP contribution >= 0.6 is 0 Å². The summed E-state index contributed by atoms with van der Waals surface area (Å²) >= 11 is 0. The van der Waals surface area contributed by atoms with Crippen LogP contribution in [0.1, 0.15) is 36.8 Å². The number of aromatic nitrogens is 1. The molecule has 1 aromatic heterocycles. The highest BCUT2D eigenvalue weighted by Gasteiger charge is 2.16. The number of nitrogens with zero attached hydrogens (tertiary/aromatic N) is 1. The molecule has 1 unspecified atom stereocenters. The van der Waals surface area contributed by atoms with Crippen molar-refractivity contribution in [3.8, 4) is 0 Å². The van der Waals surface area contributed by atoms with Crippen LogP contribution < -0.4 is 5.32 Å². The van der Waals surface area contributed by atoms with Crippen molar-refractivity contribution in [1.29, 1.82) is 0 Å². The Bertz CT molecular complexity index is 440. The summed E-state index contributed by atoms with van der Waals surface area (Å²) in [6.07, 6.45) is 1.18. The van der Waals surface area contributed by atoms with Gasteiger partial charge in [-0.05, 0) is 26.0 Å². The lowest BCUT2D eigenvalue weighted by atomic mass is 10.2. The van der Waals surface area contributed by atoms with E-state index in [2.05, 4.69) is 5.32 Å². The number of hydrogen-bond donors (Lipinski definition) is 2. The van der Waals surface area contributed by atoms with Gasteiger partial charge in [0.2, 0.25) is 0 Å². The summed E-state index contributed by atoms with van der Waals surface area (Å²) in [6.45, 7) is 4.14. The molecule has 0 radical (unpaired) electrons. The monoisotopic (exact) mass is 268 g/mol. The zero-order chi connectivity index (χ0) is 14.4. The molecule has 106 valence electrons. The third-order valence-corrected chi connectivity index (χ3v) is 2.79. The van der Waals surface area contributed by atoms with Crippen molar-refractivity contribution < 1.29 is 19.4 Å². The Morgan fingerprint density at radius 1 is 1.47 bits per heavy atom. The number of amides is 1. The second-order valence-corrected chi connectivity index (χ2v) is 4.56. The standard InChI is InChI=1S/C13H20N2O4/c1-9(2)15-6-4-5-11(15)13(18)14-8-10(19-3)7-12(16)17/h4-6,9-10H,7-8H2,1-3H3,(H,14,18)(H,16,17). The minimum atomic E-state index is -0.952. The summed E-state index contributed by atoms with van der Waals surface area (Å²) in [7, 11) is 1.43. The number of rotatable bonds is 7. The second kappa shape index (κ2) is 6.94. The average Bonchev–Trinajstić information content (AvgIpc) is 2.82. The van der Waals surface area contributed by atoms with Crippen molar-refractivity contribution >= 4 is 11.9 Å². The van der Waals surface area contributed by atoms with E-state index in [1.54, 1.807) is 12.1 Å². The van der Waals surface area contributed by atoms with Crippen LogP contribution in [-0.2, 0) is 9.53 Å². The Morgan fingerprint density at radius 2 is 2.16 bits per heavy atom. The van der Waals surface area contributed by atoms with E-state index >= 15 is 0 Å². The molecule has 1 heterocycles. The molecular weight excluding hydrogens is 248 g/mol. The molecule has 1 amide bonds. The SMILES string of the molecule is COC(CNC(=O)c1cccn1C(C)C)CC(=O)O. The molecule has 1 rings (SSSR count). The normalized spacial score (nSPS) is 12.4. The molecule has 0 saturated heterocycles. The maximum atomic E-state index is 12.0. The largest absolute Gasteiger partial charge is 0.481 e. The highest BCUT2D eigenvalue weighted by atomic mass is 16.5. The fraction of sp³-hybridized carbons (Fsp3) is 0.538. The van der Waals surface area contributed by atoms with Crippen LogP contribution in [0.3, 0.4) is 0 Å². The Hall–Kier alpha value is -1.82. The van der Waals surface area contributed by atoms with Crippen LogP contribution in [0.4, 0.5) is 0 Å². The average molecular weight is 268 g/mol. The van der Waals surface area contributed by atoms with Gasteiger partial charge in [-0.1, -0.05) is 0 Å². The molecule has 0 aliphatic rings. The zero-order valence-corrected chi connectivity index (χ0v) is 11.4. The van der Waals surface area contributed by atoms with Crippen molar-refractivity contribution in [2.75, 3.05) is 13.7 Å². The van der Waals surface area contributed by atoms with Crippen LogP contribution in [0.15, 0.2) is 18.3 Å². The molecule has 0 aromatic carbocycles. The molecule has 0 bridgehead atoms. The Morgan fingerprint density at radius 3 is 2.68 bits per heavy atom. The summed E-state index contributed by atoms with van der Waals surface area (Å²) in [5, 5.41) is 11.4. The number of ether oxygens (including phenoxy) is 1. The van der Waals surface area contributed by atoms with Crippen LogP contribution in [0, 0.1) is 0 Å². The number of carboxylic acids is 1. The van der Waals surface area contributed by atoms with Gasteiger partial charge in [-0.25, -0.2) is 0 Å². The summed E-state index contributed by atoms with van der Waals surface area (Å²) in [5.74, 6) is -1.18. The number of aliphatic carboxylic acids is 1. The predicted octanol–water partition coefficient (Wildman–Crippen LogP) is 1.29. The van der Waals surface area contributed by atoms with Crippen molar-refractivity contribution in [3.05, 3.63) is 24.0 Å². The Labute approximate surface area is 112 Å². The number of carboxylic acid groups (broad SMARTS) is 1. The maximum absolute atomic E-state index is 12.0. The minimum absolute atomic E-state index is 0.137. The summed E-state index contributed by atoms with van der Waals surface area (Å²) in [6, 6.07) is 3.72. The molecule has 2 N–H and O–H groups in total. The number of hydrogen-bond acceptors (Lipinski definition) is 3. The third kappa shape index (κ3) is 4.40. The number of nitrogens with one attached hydrogen (secondary N) is 1. The van der Waals surface area contributed by atoms with Gasteiger partial charge >= 0.3 is 5.97 Å². The lowest BCUT2D eigenvalue weighted by molar-refractivity contribution is -0.139. The first-order chi connectivity index (χ1) is 8.95. The van der Waals surface area contributed by atoms with Crippen molar-refractivity contribution in [2.45, 2.75) is 32.4 Å². The van der Waals surface area contributed by atoms with Gasteiger partial charge in [-0.2, -0.15) is 0 Å².